The van der Waals surface area contributed by atoms with Crippen molar-refractivity contribution in [1.82, 2.24) is 10.6 Å². The summed E-state index contributed by atoms with van der Waals surface area (Å²) >= 11 is 0. The van der Waals surface area contributed by atoms with Crippen molar-refractivity contribution in [2.24, 2.45) is 0 Å². The number of nitrogens with one attached hydrogen (secondary N) is 2. The molecule has 0 saturated heterocycles. The van der Waals surface area contributed by atoms with E-state index in [9.17, 15) is 9.90 Å². The van der Waals surface area contributed by atoms with Gasteiger partial charge in [-0.3, -0.25) is 0 Å². The Labute approximate surface area is 101 Å². The first-order valence-corrected chi connectivity index (χ1v) is 5.37. The van der Waals surface area contributed by atoms with E-state index in [2.05, 4.69) is 22.5 Å². The van der Waals surface area contributed by atoms with E-state index in [1.165, 1.54) is 0 Å². The molecule has 0 spiro atoms. The molecule has 1 rings (SSSR count). The van der Waals surface area contributed by atoms with Crippen LogP contribution < -0.4 is 10.6 Å². The molecule has 0 aliphatic heterocycles. The molecule has 1 aromatic rings. The van der Waals surface area contributed by atoms with Crippen molar-refractivity contribution in [3.8, 4) is 11.8 Å². The fourth-order valence-electron chi connectivity index (χ4n) is 1.34. The topological polar surface area (TPSA) is 61.4 Å². The van der Waals surface area contributed by atoms with Crippen LogP contribution in [0.3, 0.4) is 0 Å². The summed E-state index contributed by atoms with van der Waals surface area (Å²) in [5.41, 5.74) is 0.867. The molecule has 0 fully saturated rings. The maximum atomic E-state index is 11.5. The van der Waals surface area contributed by atoms with E-state index in [-0.39, 0.29) is 12.6 Å². The van der Waals surface area contributed by atoms with E-state index in [1.54, 1.807) is 6.92 Å². The van der Waals surface area contributed by atoms with Crippen LogP contribution in [0.1, 0.15) is 18.5 Å². The third-order valence-electron chi connectivity index (χ3n) is 2.20. The van der Waals surface area contributed by atoms with Gasteiger partial charge in [-0.2, -0.15) is 0 Å². The van der Waals surface area contributed by atoms with Gasteiger partial charge in [0, 0.05) is 0 Å². The lowest BCUT2D eigenvalue weighted by Gasteiger charge is -2.16. The van der Waals surface area contributed by atoms with E-state index in [0.717, 1.165) is 5.56 Å². The molecule has 0 saturated carbocycles. The molecular weight excluding hydrogens is 216 g/mol. The Morgan fingerprint density at radius 2 is 2.12 bits per heavy atom. The van der Waals surface area contributed by atoms with Crippen molar-refractivity contribution in [2.75, 3.05) is 13.2 Å². The molecule has 0 aliphatic carbocycles. The van der Waals surface area contributed by atoms with Crippen molar-refractivity contribution >= 4 is 6.03 Å². The number of carbonyl (C=O) groups excluding carboxylic acids is 1. The Morgan fingerprint density at radius 1 is 1.41 bits per heavy atom. The number of rotatable bonds is 4. The predicted molar refractivity (Wildman–Crippen MR) is 66.3 cm³/mol. The van der Waals surface area contributed by atoms with Gasteiger partial charge < -0.3 is 15.7 Å². The highest BCUT2D eigenvalue weighted by molar-refractivity contribution is 5.74. The van der Waals surface area contributed by atoms with Crippen LogP contribution in [0, 0.1) is 11.8 Å². The molecule has 90 valence electrons. The standard InChI is InChI=1S/C13H16N2O2/c1-2-3-9-14-13(17)15-12(10-16)11-7-5-4-6-8-11/h4-8,12,16H,9-10H2,1H3,(H2,14,15,17)/t12-/m1/s1. The highest BCUT2D eigenvalue weighted by Gasteiger charge is 2.12. The van der Waals surface area contributed by atoms with Crippen LogP contribution >= 0.6 is 0 Å². The van der Waals surface area contributed by atoms with Crippen LogP contribution in [0.4, 0.5) is 4.79 Å². The minimum Gasteiger partial charge on any atom is -0.394 e. The third-order valence-corrected chi connectivity index (χ3v) is 2.20. The summed E-state index contributed by atoms with van der Waals surface area (Å²) in [6.45, 7) is 1.87. The highest BCUT2D eigenvalue weighted by atomic mass is 16.3. The normalized spacial score (nSPS) is 10.9. The zero-order valence-corrected chi connectivity index (χ0v) is 9.73. The Morgan fingerprint density at radius 3 is 2.71 bits per heavy atom. The largest absolute Gasteiger partial charge is 0.394 e. The zero-order chi connectivity index (χ0) is 12.5. The third kappa shape index (κ3) is 4.58. The van der Waals surface area contributed by atoms with Crippen molar-refractivity contribution in [3.63, 3.8) is 0 Å². The van der Waals surface area contributed by atoms with Crippen LogP contribution in [-0.4, -0.2) is 24.3 Å². The van der Waals surface area contributed by atoms with Gasteiger partial charge in [0.2, 0.25) is 0 Å². The SMILES string of the molecule is CC#CCNC(=O)N[C@H](CO)c1ccccc1. The Bertz CT molecular complexity index is 406. The molecule has 0 bridgehead atoms. The second-order valence-corrected chi connectivity index (χ2v) is 3.40. The van der Waals surface area contributed by atoms with Gasteiger partial charge in [0.25, 0.3) is 0 Å². The van der Waals surface area contributed by atoms with Crippen LogP contribution in [0.15, 0.2) is 30.3 Å². The average Bonchev–Trinajstić information content (AvgIpc) is 2.37. The second-order valence-electron chi connectivity index (χ2n) is 3.40. The molecule has 3 N–H and O–H groups in total. The van der Waals surface area contributed by atoms with Gasteiger partial charge >= 0.3 is 6.03 Å². The van der Waals surface area contributed by atoms with E-state index in [0.29, 0.717) is 6.54 Å². The summed E-state index contributed by atoms with van der Waals surface area (Å²) in [5, 5.41) is 14.5. The maximum Gasteiger partial charge on any atom is 0.316 e. The van der Waals surface area contributed by atoms with E-state index in [4.69, 9.17) is 0 Å². The van der Waals surface area contributed by atoms with Crippen molar-refractivity contribution in [2.45, 2.75) is 13.0 Å². The first-order chi connectivity index (χ1) is 8.27. The van der Waals surface area contributed by atoms with E-state index in [1.807, 2.05) is 30.3 Å². The smallest absolute Gasteiger partial charge is 0.316 e. The molecule has 1 atom stereocenters. The zero-order valence-electron chi connectivity index (χ0n) is 9.73. The molecule has 1 aromatic carbocycles. The van der Waals surface area contributed by atoms with Gasteiger partial charge in [0.15, 0.2) is 0 Å². The van der Waals surface area contributed by atoms with Gasteiger partial charge in [0.1, 0.15) is 0 Å². The van der Waals surface area contributed by atoms with E-state index >= 15 is 0 Å². The first kappa shape index (κ1) is 13.1. The molecule has 0 aromatic heterocycles. The number of amides is 2. The summed E-state index contributed by atoms with van der Waals surface area (Å²) in [5.74, 6) is 5.41. The number of hydrogen-bond donors (Lipinski definition) is 3. The monoisotopic (exact) mass is 232 g/mol. The van der Waals surface area contributed by atoms with Crippen molar-refractivity contribution in [3.05, 3.63) is 35.9 Å². The number of aliphatic hydroxyl groups excluding tert-OH is 1. The summed E-state index contributed by atoms with van der Waals surface area (Å²) in [7, 11) is 0. The lowest BCUT2D eigenvalue weighted by molar-refractivity contribution is 0.218. The molecule has 0 radical (unpaired) electrons. The van der Waals surface area contributed by atoms with Gasteiger partial charge in [-0.1, -0.05) is 36.3 Å². The lowest BCUT2D eigenvalue weighted by Crippen LogP contribution is -2.39. The molecular formula is C13H16N2O2. The minimum atomic E-state index is -0.397. The van der Waals surface area contributed by atoms with Crippen LogP contribution in [-0.2, 0) is 0 Å². The number of benzene rings is 1. The second kappa shape index (κ2) is 7.31. The first-order valence-electron chi connectivity index (χ1n) is 5.37. The molecule has 2 amide bonds. The average molecular weight is 232 g/mol. The highest BCUT2D eigenvalue weighted by Crippen LogP contribution is 2.10. The molecule has 4 heteroatoms. The molecule has 0 heterocycles. The lowest BCUT2D eigenvalue weighted by atomic mass is 10.1. The molecule has 0 unspecified atom stereocenters. The fourth-order valence-corrected chi connectivity index (χ4v) is 1.34. The van der Waals surface area contributed by atoms with Crippen LogP contribution in [0.5, 0.6) is 0 Å². The number of hydrogen-bond acceptors (Lipinski definition) is 2. The Hall–Kier alpha value is -1.99. The van der Waals surface area contributed by atoms with Crippen molar-refractivity contribution < 1.29 is 9.90 Å². The van der Waals surface area contributed by atoms with Gasteiger partial charge in [-0.05, 0) is 12.5 Å². The molecule has 0 aliphatic rings. The maximum absolute atomic E-state index is 11.5. The number of carbonyl (C=O) groups is 1. The Kier molecular flexibility index (Phi) is 5.62. The van der Waals surface area contributed by atoms with Crippen molar-refractivity contribution in [1.29, 1.82) is 0 Å². The molecule has 17 heavy (non-hydrogen) atoms. The van der Waals surface area contributed by atoms with Gasteiger partial charge in [-0.25, -0.2) is 4.79 Å². The van der Waals surface area contributed by atoms with Gasteiger partial charge in [-0.15, -0.1) is 5.92 Å². The predicted octanol–water partition coefficient (Wildman–Crippen LogP) is 1.04. The Balaban J connectivity index is 2.52. The fraction of sp³-hybridized carbons (Fsp3) is 0.308. The summed E-state index contributed by atoms with van der Waals surface area (Å²) < 4.78 is 0. The van der Waals surface area contributed by atoms with Crippen LogP contribution in [0.25, 0.3) is 0 Å². The van der Waals surface area contributed by atoms with E-state index < -0.39 is 6.04 Å². The summed E-state index contributed by atoms with van der Waals surface area (Å²) in [6.07, 6.45) is 0. The summed E-state index contributed by atoms with van der Waals surface area (Å²) in [6, 6.07) is 8.58. The molecule has 4 nitrogen and oxygen atoms in total. The quantitative estimate of drug-likeness (QED) is 0.679. The number of aliphatic hydroxyl groups is 1. The van der Waals surface area contributed by atoms with Gasteiger partial charge in [0.05, 0.1) is 19.2 Å². The number of urea groups is 1. The van der Waals surface area contributed by atoms with Crippen LogP contribution in [0.2, 0.25) is 0 Å². The summed E-state index contributed by atoms with van der Waals surface area (Å²) in [4.78, 5) is 11.5. The minimum absolute atomic E-state index is 0.142.